The molecule has 0 spiro atoms. The first-order valence-electron chi connectivity index (χ1n) is 7.81. The summed E-state index contributed by atoms with van der Waals surface area (Å²) in [6.45, 7) is 0.724. The van der Waals surface area contributed by atoms with Gasteiger partial charge in [-0.15, -0.1) is 0 Å². The SMILES string of the molecule is OC1CCCc2c(OCCCc3ccccc3)cccc21. The highest BCUT2D eigenvalue weighted by atomic mass is 16.5. The van der Waals surface area contributed by atoms with E-state index in [0.29, 0.717) is 0 Å². The van der Waals surface area contributed by atoms with Gasteiger partial charge in [0.15, 0.2) is 0 Å². The van der Waals surface area contributed by atoms with Crippen molar-refractivity contribution in [1.82, 2.24) is 0 Å². The van der Waals surface area contributed by atoms with Gasteiger partial charge in [-0.2, -0.15) is 0 Å². The summed E-state index contributed by atoms with van der Waals surface area (Å²) in [5, 5.41) is 10.1. The summed E-state index contributed by atoms with van der Waals surface area (Å²) in [5.41, 5.74) is 3.62. The quantitative estimate of drug-likeness (QED) is 0.838. The van der Waals surface area contributed by atoms with Crippen molar-refractivity contribution in [3.63, 3.8) is 0 Å². The second-order valence-electron chi connectivity index (χ2n) is 5.67. The summed E-state index contributed by atoms with van der Waals surface area (Å²) in [4.78, 5) is 0. The lowest BCUT2D eigenvalue weighted by Gasteiger charge is -2.23. The fourth-order valence-corrected chi connectivity index (χ4v) is 3.03. The van der Waals surface area contributed by atoms with Crippen LogP contribution < -0.4 is 4.74 Å². The van der Waals surface area contributed by atoms with Crippen LogP contribution >= 0.6 is 0 Å². The van der Waals surface area contributed by atoms with Crippen molar-refractivity contribution in [2.75, 3.05) is 6.61 Å². The maximum atomic E-state index is 10.1. The van der Waals surface area contributed by atoms with Gasteiger partial charge in [-0.3, -0.25) is 0 Å². The van der Waals surface area contributed by atoms with Crippen molar-refractivity contribution in [2.24, 2.45) is 0 Å². The molecule has 0 aliphatic heterocycles. The van der Waals surface area contributed by atoms with E-state index in [1.807, 2.05) is 24.3 Å². The van der Waals surface area contributed by atoms with Gasteiger partial charge in [0.2, 0.25) is 0 Å². The van der Waals surface area contributed by atoms with Crippen LogP contribution in [-0.2, 0) is 12.8 Å². The van der Waals surface area contributed by atoms with Crippen molar-refractivity contribution in [1.29, 1.82) is 0 Å². The summed E-state index contributed by atoms with van der Waals surface area (Å²) >= 11 is 0. The van der Waals surface area contributed by atoms with Crippen LogP contribution in [0, 0.1) is 0 Å². The van der Waals surface area contributed by atoms with Crippen LogP contribution in [0.15, 0.2) is 48.5 Å². The zero-order valence-electron chi connectivity index (χ0n) is 12.3. The van der Waals surface area contributed by atoms with Crippen LogP contribution in [0.25, 0.3) is 0 Å². The van der Waals surface area contributed by atoms with Crippen LogP contribution in [0.3, 0.4) is 0 Å². The van der Waals surface area contributed by atoms with E-state index < -0.39 is 0 Å². The Morgan fingerprint density at radius 3 is 2.76 bits per heavy atom. The Kier molecular flexibility index (Phi) is 4.56. The van der Waals surface area contributed by atoms with Gasteiger partial charge >= 0.3 is 0 Å². The Morgan fingerprint density at radius 1 is 1.05 bits per heavy atom. The zero-order chi connectivity index (χ0) is 14.5. The summed E-state index contributed by atoms with van der Waals surface area (Å²) in [5.74, 6) is 0.958. The Balaban J connectivity index is 1.57. The average Bonchev–Trinajstić information content (AvgIpc) is 2.53. The summed E-state index contributed by atoms with van der Waals surface area (Å²) in [7, 11) is 0. The Morgan fingerprint density at radius 2 is 1.90 bits per heavy atom. The average molecular weight is 282 g/mol. The molecule has 0 saturated carbocycles. The molecule has 1 atom stereocenters. The lowest BCUT2D eigenvalue weighted by Crippen LogP contribution is -2.11. The first kappa shape index (κ1) is 14.2. The molecule has 2 aromatic carbocycles. The highest BCUT2D eigenvalue weighted by Gasteiger charge is 2.20. The van der Waals surface area contributed by atoms with Crippen molar-refractivity contribution in [2.45, 2.75) is 38.2 Å². The molecular formula is C19H22O2. The molecule has 1 aliphatic carbocycles. The lowest BCUT2D eigenvalue weighted by atomic mass is 9.89. The molecule has 0 aromatic heterocycles. The molecule has 0 heterocycles. The van der Waals surface area contributed by atoms with Crippen molar-refractivity contribution >= 4 is 0 Å². The van der Waals surface area contributed by atoms with E-state index in [-0.39, 0.29) is 6.10 Å². The third-order valence-corrected chi connectivity index (χ3v) is 4.14. The molecule has 0 bridgehead atoms. The van der Waals surface area contributed by atoms with Crippen LogP contribution in [0.2, 0.25) is 0 Å². The van der Waals surface area contributed by atoms with E-state index in [1.165, 1.54) is 11.1 Å². The van der Waals surface area contributed by atoms with E-state index >= 15 is 0 Å². The largest absolute Gasteiger partial charge is 0.493 e. The van der Waals surface area contributed by atoms with Crippen molar-refractivity contribution in [3.05, 3.63) is 65.2 Å². The van der Waals surface area contributed by atoms with Gasteiger partial charge in [0.25, 0.3) is 0 Å². The number of ether oxygens (including phenoxy) is 1. The third-order valence-electron chi connectivity index (χ3n) is 4.14. The molecule has 0 radical (unpaired) electrons. The fourth-order valence-electron chi connectivity index (χ4n) is 3.03. The Bertz CT molecular complexity index is 577. The van der Waals surface area contributed by atoms with Crippen molar-refractivity contribution in [3.8, 4) is 5.75 Å². The molecule has 0 fully saturated rings. The second-order valence-corrected chi connectivity index (χ2v) is 5.67. The van der Waals surface area contributed by atoms with E-state index in [1.54, 1.807) is 0 Å². The topological polar surface area (TPSA) is 29.5 Å². The number of benzene rings is 2. The zero-order valence-corrected chi connectivity index (χ0v) is 12.3. The highest BCUT2D eigenvalue weighted by molar-refractivity contribution is 5.42. The number of hydrogen-bond acceptors (Lipinski definition) is 2. The van der Waals surface area contributed by atoms with E-state index in [4.69, 9.17) is 4.74 Å². The lowest BCUT2D eigenvalue weighted by molar-refractivity contribution is 0.155. The smallest absolute Gasteiger partial charge is 0.122 e. The molecular weight excluding hydrogens is 260 g/mol. The van der Waals surface area contributed by atoms with E-state index in [2.05, 4.69) is 24.3 Å². The van der Waals surface area contributed by atoms with Crippen LogP contribution in [0.1, 0.15) is 42.1 Å². The molecule has 1 aliphatic rings. The van der Waals surface area contributed by atoms with Gasteiger partial charge in [0.1, 0.15) is 5.75 Å². The summed E-state index contributed by atoms with van der Waals surface area (Å²) < 4.78 is 5.96. The molecule has 0 saturated heterocycles. The monoisotopic (exact) mass is 282 g/mol. The molecule has 2 nitrogen and oxygen atoms in total. The first-order chi connectivity index (χ1) is 10.3. The fraction of sp³-hybridized carbons (Fsp3) is 0.368. The summed E-state index contributed by atoms with van der Waals surface area (Å²) in [6.07, 6.45) is 4.65. The third kappa shape index (κ3) is 3.45. The normalized spacial score (nSPS) is 17.3. The number of aliphatic hydroxyl groups is 1. The molecule has 110 valence electrons. The maximum Gasteiger partial charge on any atom is 0.122 e. The molecule has 3 rings (SSSR count). The molecule has 1 unspecified atom stereocenters. The number of aliphatic hydroxyl groups excluding tert-OH is 1. The van der Waals surface area contributed by atoms with Crippen LogP contribution in [0.4, 0.5) is 0 Å². The maximum absolute atomic E-state index is 10.1. The number of fused-ring (bicyclic) bond motifs is 1. The molecule has 2 aromatic rings. The van der Waals surface area contributed by atoms with Gasteiger partial charge in [0.05, 0.1) is 12.7 Å². The number of hydrogen-bond donors (Lipinski definition) is 1. The van der Waals surface area contributed by atoms with Gasteiger partial charge in [-0.25, -0.2) is 0 Å². The van der Waals surface area contributed by atoms with Gasteiger partial charge < -0.3 is 9.84 Å². The van der Waals surface area contributed by atoms with Gasteiger partial charge in [0, 0.05) is 0 Å². The van der Waals surface area contributed by atoms with E-state index in [9.17, 15) is 5.11 Å². The van der Waals surface area contributed by atoms with E-state index in [0.717, 1.165) is 50.0 Å². The van der Waals surface area contributed by atoms with Gasteiger partial charge in [-0.05, 0) is 54.9 Å². The number of rotatable bonds is 5. The highest BCUT2D eigenvalue weighted by Crippen LogP contribution is 2.35. The predicted octanol–water partition coefficient (Wildman–Crippen LogP) is 4.07. The first-order valence-corrected chi connectivity index (χ1v) is 7.81. The van der Waals surface area contributed by atoms with Gasteiger partial charge in [-0.1, -0.05) is 42.5 Å². The molecule has 21 heavy (non-hydrogen) atoms. The van der Waals surface area contributed by atoms with Crippen LogP contribution in [0.5, 0.6) is 5.75 Å². The van der Waals surface area contributed by atoms with Crippen LogP contribution in [-0.4, -0.2) is 11.7 Å². The molecule has 2 heteroatoms. The van der Waals surface area contributed by atoms with Crippen molar-refractivity contribution < 1.29 is 9.84 Å². The minimum absolute atomic E-state index is 0.318. The second kappa shape index (κ2) is 6.77. The Hall–Kier alpha value is -1.80. The predicted molar refractivity (Wildman–Crippen MR) is 84.6 cm³/mol. The minimum Gasteiger partial charge on any atom is -0.493 e. The Labute approximate surface area is 126 Å². The molecule has 1 N–H and O–H groups in total. The standard InChI is InChI=1S/C19H22O2/c20-18-12-4-11-17-16(18)10-5-13-19(17)21-14-6-9-15-7-2-1-3-8-15/h1-3,5,7-8,10,13,18,20H,4,6,9,11-12,14H2. The number of aryl methyl sites for hydroxylation is 1. The summed E-state index contributed by atoms with van der Waals surface area (Å²) in [6, 6.07) is 16.5. The minimum atomic E-state index is -0.318. The molecule has 0 amide bonds.